The van der Waals surface area contributed by atoms with Crippen LogP contribution in [0.3, 0.4) is 0 Å². The number of carbonyl (C=O) groups is 2. The van der Waals surface area contributed by atoms with Crippen molar-refractivity contribution in [3.8, 4) is 0 Å². The molecule has 114 valence electrons. The Bertz CT molecular complexity index is 556. The zero-order chi connectivity index (χ0) is 16.2. The lowest BCUT2D eigenvalue weighted by Crippen LogP contribution is -2.42. The van der Waals surface area contributed by atoms with Gasteiger partial charge in [0.25, 0.3) is 5.69 Å². The van der Waals surface area contributed by atoms with Crippen LogP contribution in [-0.4, -0.2) is 39.4 Å². The van der Waals surface area contributed by atoms with Crippen LogP contribution in [0.25, 0.3) is 0 Å². The molecule has 0 bridgehead atoms. The maximum Gasteiger partial charge on any atom is 0.323 e. The fraction of sp³-hybridized carbons (Fsp3) is 0.429. The van der Waals surface area contributed by atoms with Gasteiger partial charge in [-0.3, -0.25) is 19.7 Å². The number of carboxylic acids is 1. The molecule has 0 heterocycles. The number of aliphatic carboxylic acids is 1. The summed E-state index contributed by atoms with van der Waals surface area (Å²) in [6, 6.07) is 5.54. The third kappa shape index (κ3) is 4.27. The summed E-state index contributed by atoms with van der Waals surface area (Å²) in [7, 11) is 0. The van der Waals surface area contributed by atoms with Gasteiger partial charge >= 0.3 is 5.97 Å². The Hall–Kier alpha value is -2.44. The summed E-state index contributed by atoms with van der Waals surface area (Å²) in [6.07, 6.45) is 0. The van der Waals surface area contributed by atoms with Gasteiger partial charge in [-0.2, -0.15) is 0 Å². The van der Waals surface area contributed by atoms with Gasteiger partial charge in [0.15, 0.2) is 0 Å². The Balaban J connectivity index is 3.02. The summed E-state index contributed by atoms with van der Waals surface area (Å²) in [5, 5.41) is 19.6. The van der Waals surface area contributed by atoms with Crippen molar-refractivity contribution in [2.24, 2.45) is 0 Å². The average molecular weight is 294 g/mol. The zero-order valence-corrected chi connectivity index (χ0v) is 12.1. The number of nitrogens with zero attached hydrogens (tertiary/aromatic N) is 2. The van der Waals surface area contributed by atoms with Crippen LogP contribution < -0.4 is 0 Å². The van der Waals surface area contributed by atoms with Crippen molar-refractivity contribution in [3.05, 3.63) is 39.9 Å². The number of nitro groups is 1. The fourth-order valence-corrected chi connectivity index (χ4v) is 1.96. The average Bonchev–Trinajstić information content (AvgIpc) is 2.42. The van der Waals surface area contributed by atoms with E-state index in [1.54, 1.807) is 26.8 Å². The lowest BCUT2D eigenvalue weighted by molar-refractivity contribution is -0.384. The van der Waals surface area contributed by atoms with Gasteiger partial charge in [-0.15, -0.1) is 0 Å². The molecule has 1 atom stereocenters. The molecule has 1 amide bonds. The van der Waals surface area contributed by atoms with Crippen molar-refractivity contribution < 1.29 is 19.6 Å². The standard InChI is InChI=1S/C14H18N2O5/c1-9(2)15(8-13(17)18)14(19)10(3)11-5-4-6-12(7-11)16(20)21/h4-7,9-10H,8H2,1-3H3,(H,17,18). The van der Waals surface area contributed by atoms with Crippen molar-refractivity contribution >= 4 is 17.6 Å². The second kappa shape index (κ2) is 6.83. The third-order valence-corrected chi connectivity index (χ3v) is 3.16. The van der Waals surface area contributed by atoms with Crippen molar-refractivity contribution in [1.29, 1.82) is 0 Å². The second-order valence-corrected chi connectivity index (χ2v) is 5.03. The van der Waals surface area contributed by atoms with Crippen LogP contribution in [0.15, 0.2) is 24.3 Å². The number of non-ortho nitro benzene ring substituents is 1. The van der Waals surface area contributed by atoms with Crippen molar-refractivity contribution in [2.45, 2.75) is 32.7 Å². The predicted molar refractivity (Wildman–Crippen MR) is 76.0 cm³/mol. The highest BCUT2D eigenvalue weighted by Crippen LogP contribution is 2.23. The Labute approximate surface area is 122 Å². The van der Waals surface area contributed by atoms with Crippen molar-refractivity contribution in [1.82, 2.24) is 4.90 Å². The summed E-state index contributed by atoms with van der Waals surface area (Å²) in [6.45, 7) is 4.66. The molecule has 1 N–H and O–H groups in total. The summed E-state index contributed by atoms with van der Waals surface area (Å²) >= 11 is 0. The van der Waals surface area contributed by atoms with Crippen LogP contribution in [-0.2, 0) is 9.59 Å². The van der Waals surface area contributed by atoms with Crippen LogP contribution in [0.5, 0.6) is 0 Å². The highest BCUT2D eigenvalue weighted by molar-refractivity contribution is 5.86. The van der Waals surface area contributed by atoms with E-state index < -0.39 is 23.4 Å². The highest BCUT2D eigenvalue weighted by atomic mass is 16.6. The largest absolute Gasteiger partial charge is 0.480 e. The molecule has 0 aromatic heterocycles. The van der Waals surface area contributed by atoms with E-state index in [0.717, 1.165) is 0 Å². The van der Waals surface area contributed by atoms with Crippen LogP contribution in [0, 0.1) is 10.1 Å². The molecule has 0 saturated heterocycles. The molecule has 1 aromatic carbocycles. The van der Waals surface area contributed by atoms with E-state index in [4.69, 9.17) is 5.11 Å². The first kappa shape index (κ1) is 16.6. The minimum atomic E-state index is -1.09. The summed E-state index contributed by atoms with van der Waals surface area (Å²) in [4.78, 5) is 34.7. The first-order chi connectivity index (χ1) is 9.73. The van der Waals surface area contributed by atoms with Gasteiger partial charge < -0.3 is 10.0 Å². The molecule has 0 aliphatic heterocycles. The summed E-state index contributed by atoms with van der Waals surface area (Å²) < 4.78 is 0. The minimum Gasteiger partial charge on any atom is -0.480 e. The molecule has 7 heteroatoms. The van der Waals surface area contributed by atoms with Gasteiger partial charge in [0, 0.05) is 18.2 Å². The van der Waals surface area contributed by atoms with Crippen molar-refractivity contribution in [2.75, 3.05) is 6.54 Å². The molecule has 0 aliphatic rings. The molecular formula is C14H18N2O5. The first-order valence-electron chi connectivity index (χ1n) is 6.50. The number of amides is 1. The van der Waals surface area contributed by atoms with Gasteiger partial charge in [-0.1, -0.05) is 12.1 Å². The number of rotatable bonds is 6. The lowest BCUT2D eigenvalue weighted by Gasteiger charge is -2.28. The maximum atomic E-state index is 12.4. The number of benzene rings is 1. The predicted octanol–water partition coefficient (Wildman–Crippen LogP) is 2.02. The molecular weight excluding hydrogens is 276 g/mol. The lowest BCUT2D eigenvalue weighted by atomic mass is 9.98. The molecule has 7 nitrogen and oxygen atoms in total. The molecule has 0 saturated carbocycles. The van der Waals surface area contributed by atoms with E-state index in [1.165, 1.54) is 23.1 Å². The SMILES string of the molecule is CC(C(=O)N(CC(=O)O)C(C)C)c1cccc([N+](=O)[O-])c1. The van der Waals surface area contributed by atoms with Gasteiger partial charge in [0.1, 0.15) is 6.54 Å². The molecule has 1 rings (SSSR count). The molecule has 1 aromatic rings. The monoisotopic (exact) mass is 294 g/mol. The Morgan fingerprint density at radius 3 is 2.43 bits per heavy atom. The number of hydrogen-bond acceptors (Lipinski definition) is 4. The van der Waals surface area contributed by atoms with E-state index in [1.807, 2.05) is 0 Å². The highest BCUT2D eigenvalue weighted by Gasteiger charge is 2.26. The number of nitro benzene ring substituents is 1. The van der Waals surface area contributed by atoms with Crippen LogP contribution >= 0.6 is 0 Å². The second-order valence-electron chi connectivity index (χ2n) is 5.03. The summed E-state index contributed by atoms with van der Waals surface area (Å²) in [5.74, 6) is -2.11. The number of carboxylic acid groups (broad SMARTS) is 1. The Kier molecular flexibility index (Phi) is 5.40. The molecule has 0 radical (unpaired) electrons. The van der Waals surface area contributed by atoms with Crippen LogP contribution in [0.2, 0.25) is 0 Å². The van der Waals surface area contributed by atoms with Gasteiger partial charge in [-0.05, 0) is 26.3 Å². The topological polar surface area (TPSA) is 101 Å². The van der Waals surface area contributed by atoms with E-state index in [9.17, 15) is 19.7 Å². The van der Waals surface area contributed by atoms with E-state index in [2.05, 4.69) is 0 Å². The molecule has 0 aliphatic carbocycles. The minimum absolute atomic E-state index is 0.0959. The quantitative estimate of drug-likeness (QED) is 0.639. The van der Waals surface area contributed by atoms with E-state index in [0.29, 0.717) is 5.56 Å². The van der Waals surface area contributed by atoms with Gasteiger partial charge in [-0.25, -0.2) is 0 Å². The molecule has 0 fully saturated rings. The molecule has 1 unspecified atom stereocenters. The summed E-state index contributed by atoms with van der Waals surface area (Å²) in [5.41, 5.74) is 0.395. The van der Waals surface area contributed by atoms with E-state index in [-0.39, 0.29) is 17.6 Å². The van der Waals surface area contributed by atoms with Gasteiger partial charge in [0.2, 0.25) is 5.91 Å². The van der Waals surface area contributed by atoms with Crippen molar-refractivity contribution in [3.63, 3.8) is 0 Å². The fourth-order valence-electron chi connectivity index (χ4n) is 1.96. The zero-order valence-electron chi connectivity index (χ0n) is 12.1. The van der Waals surface area contributed by atoms with E-state index >= 15 is 0 Å². The Morgan fingerprint density at radius 1 is 1.33 bits per heavy atom. The normalized spacial score (nSPS) is 12.0. The number of carbonyl (C=O) groups excluding carboxylic acids is 1. The molecule has 21 heavy (non-hydrogen) atoms. The third-order valence-electron chi connectivity index (χ3n) is 3.16. The first-order valence-corrected chi connectivity index (χ1v) is 6.50. The molecule has 0 spiro atoms. The Morgan fingerprint density at radius 2 is 1.95 bits per heavy atom. The van der Waals surface area contributed by atoms with Gasteiger partial charge in [0.05, 0.1) is 10.8 Å². The number of hydrogen-bond donors (Lipinski definition) is 1. The maximum absolute atomic E-state index is 12.4. The van der Waals surface area contributed by atoms with Crippen LogP contribution in [0.4, 0.5) is 5.69 Å². The smallest absolute Gasteiger partial charge is 0.323 e. The van der Waals surface area contributed by atoms with Crippen LogP contribution in [0.1, 0.15) is 32.3 Å².